The fourth-order valence-electron chi connectivity index (χ4n) is 3.76. The van der Waals surface area contributed by atoms with Crippen LogP contribution in [0.3, 0.4) is 0 Å². The number of amides is 2. The molecule has 1 aromatic heterocycles. The number of carbonyl (C=O) groups excluding carboxylic acids is 2. The van der Waals surface area contributed by atoms with Crippen molar-refractivity contribution in [3.05, 3.63) is 18.2 Å². The molecule has 2 aliphatic heterocycles. The van der Waals surface area contributed by atoms with E-state index in [1.807, 2.05) is 39.9 Å². The summed E-state index contributed by atoms with van der Waals surface area (Å²) in [6, 6.07) is 5.82. The summed E-state index contributed by atoms with van der Waals surface area (Å²) in [5.41, 5.74) is 0.815. The number of rotatable bonds is 5. The first-order chi connectivity index (χ1) is 14.1. The van der Waals surface area contributed by atoms with E-state index in [1.54, 1.807) is 7.11 Å². The maximum Gasteiger partial charge on any atom is 0.251 e. The molecule has 0 saturated carbocycles. The Bertz CT molecular complexity index is 888. The van der Waals surface area contributed by atoms with Gasteiger partial charge in [0, 0.05) is 39.8 Å². The summed E-state index contributed by atoms with van der Waals surface area (Å²) in [7, 11) is 3.50. The zero-order chi connectivity index (χ0) is 20.4. The van der Waals surface area contributed by atoms with Crippen LogP contribution in [-0.4, -0.2) is 86.2 Å². The summed E-state index contributed by atoms with van der Waals surface area (Å²) >= 11 is 1.54. The van der Waals surface area contributed by atoms with Gasteiger partial charge in [-0.3, -0.25) is 9.59 Å². The summed E-state index contributed by atoms with van der Waals surface area (Å²) in [6.07, 6.45) is 1.45. The van der Waals surface area contributed by atoms with E-state index in [0.29, 0.717) is 32.8 Å². The van der Waals surface area contributed by atoms with Crippen LogP contribution in [0.2, 0.25) is 0 Å². The third kappa shape index (κ3) is 4.16. The summed E-state index contributed by atoms with van der Waals surface area (Å²) in [5, 5.41) is 0.782. The van der Waals surface area contributed by atoms with Crippen LogP contribution in [0.15, 0.2) is 18.2 Å². The van der Waals surface area contributed by atoms with Crippen molar-refractivity contribution in [3.8, 4) is 5.75 Å². The second-order valence-corrected chi connectivity index (χ2v) is 8.38. The number of aromatic nitrogens is 1. The molecule has 0 bridgehead atoms. The summed E-state index contributed by atoms with van der Waals surface area (Å²) in [4.78, 5) is 35.4. The highest BCUT2D eigenvalue weighted by atomic mass is 32.1. The summed E-state index contributed by atoms with van der Waals surface area (Å²) in [5.74, 6) is 0.842. The molecule has 0 N–H and O–H groups in total. The third-order valence-corrected chi connectivity index (χ3v) is 6.57. The van der Waals surface area contributed by atoms with Crippen LogP contribution in [0.5, 0.6) is 5.75 Å². The molecule has 0 aliphatic carbocycles. The zero-order valence-corrected chi connectivity index (χ0v) is 17.6. The Balaban J connectivity index is 1.33. The molecule has 2 aromatic rings. The number of likely N-dealkylation sites (N-methyl/N-ethyl adjacent to an activating group) is 1. The average molecular weight is 419 g/mol. The van der Waals surface area contributed by atoms with Crippen molar-refractivity contribution in [2.45, 2.75) is 18.9 Å². The third-order valence-electron chi connectivity index (χ3n) is 5.44. The van der Waals surface area contributed by atoms with Gasteiger partial charge >= 0.3 is 0 Å². The predicted molar refractivity (Wildman–Crippen MR) is 112 cm³/mol. The Morgan fingerprint density at radius 1 is 1.28 bits per heavy atom. The van der Waals surface area contributed by atoms with Gasteiger partial charge in [-0.1, -0.05) is 17.4 Å². The van der Waals surface area contributed by atoms with Gasteiger partial charge in [-0.25, -0.2) is 4.98 Å². The number of thiazole rings is 1. The van der Waals surface area contributed by atoms with Gasteiger partial charge in [0.2, 0.25) is 5.91 Å². The van der Waals surface area contributed by atoms with Crippen LogP contribution in [-0.2, 0) is 14.3 Å². The molecule has 1 unspecified atom stereocenters. The zero-order valence-electron chi connectivity index (χ0n) is 16.8. The lowest BCUT2D eigenvalue weighted by molar-refractivity contribution is -0.145. The molecule has 0 radical (unpaired) electrons. The number of hydrogen-bond donors (Lipinski definition) is 0. The van der Waals surface area contributed by atoms with Crippen molar-refractivity contribution in [2.75, 3.05) is 58.4 Å². The van der Waals surface area contributed by atoms with E-state index in [1.165, 1.54) is 11.3 Å². The number of hydrogen-bond acceptors (Lipinski definition) is 7. The van der Waals surface area contributed by atoms with E-state index in [0.717, 1.165) is 33.9 Å². The number of methoxy groups -OCH3 is 1. The molecule has 3 heterocycles. The molecule has 4 rings (SSSR count). The second-order valence-electron chi connectivity index (χ2n) is 7.37. The van der Waals surface area contributed by atoms with Crippen molar-refractivity contribution < 1.29 is 19.1 Å². The number of benzene rings is 1. The van der Waals surface area contributed by atoms with Gasteiger partial charge in [0.25, 0.3) is 5.91 Å². The SMILES string of the molecule is COc1cccc2sc(N(C)CC(=O)N3CCN(C(=O)C4CCCO4)CC3)nc12. The minimum Gasteiger partial charge on any atom is -0.494 e. The van der Waals surface area contributed by atoms with Crippen LogP contribution < -0.4 is 9.64 Å². The van der Waals surface area contributed by atoms with Crippen LogP contribution in [0.4, 0.5) is 5.13 Å². The molecule has 2 amide bonds. The Hall–Kier alpha value is -2.39. The van der Waals surface area contributed by atoms with Crippen molar-refractivity contribution in [1.29, 1.82) is 0 Å². The van der Waals surface area contributed by atoms with Crippen LogP contribution in [0, 0.1) is 0 Å². The summed E-state index contributed by atoms with van der Waals surface area (Å²) in [6.45, 7) is 3.15. The molecule has 2 fully saturated rings. The molecule has 2 aliphatic rings. The smallest absolute Gasteiger partial charge is 0.251 e. The standard InChI is InChI=1S/C20H26N4O4S/c1-22(20-21-18-14(27-2)5-3-7-16(18)29-20)13-17(25)23-8-10-24(11-9-23)19(26)15-6-4-12-28-15/h3,5,7,15H,4,6,8-13H2,1-2H3. The fourth-order valence-corrected chi connectivity index (χ4v) is 4.71. The Morgan fingerprint density at radius 3 is 2.72 bits per heavy atom. The minimum atomic E-state index is -0.292. The fraction of sp³-hybridized carbons (Fsp3) is 0.550. The number of fused-ring (bicyclic) bond motifs is 1. The van der Waals surface area contributed by atoms with Crippen LogP contribution in [0.1, 0.15) is 12.8 Å². The maximum atomic E-state index is 12.8. The topological polar surface area (TPSA) is 75.2 Å². The van der Waals surface area contributed by atoms with E-state index >= 15 is 0 Å². The molecular formula is C20H26N4O4S. The van der Waals surface area contributed by atoms with Crippen LogP contribution in [0.25, 0.3) is 10.2 Å². The van der Waals surface area contributed by atoms with Gasteiger partial charge in [-0.05, 0) is 25.0 Å². The van der Waals surface area contributed by atoms with Crippen molar-refractivity contribution in [2.24, 2.45) is 0 Å². The first-order valence-electron chi connectivity index (χ1n) is 9.89. The number of para-hydroxylation sites is 1. The average Bonchev–Trinajstić information content (AvgIpc) is 3.43. The first kappa shape index (κ1) is 19.9. The van der Waals surface area contributed by atoms with E-state index in [9.17, 15) is 9.59 Å². The number of nitrogens with zero attached hydrogens (tertiary/aromatic N) is 4. The van der Waals surface area contributed by atoms with Gasteiger partial charge in [0.05, 0.1) is 18.4 Å². The van der Waals surface area contributed by atoms with Gasteiger partial charge in [0.1, 0.15) is 17.4 Å². The molecule has 9 heteroatoms. The Labute approximate surface area is 174 Å². The van der Waals surface area contributed by atoms with Crippen molar-refractivity contribution in [3.63, 3.8) is 0 Å². The quantitative estimate of drug-likeness (QED) is 0.734. The molecule has 2 saturated heterocycles. The second kappa shape index (κ2) is 8.54. The molecule has 1 atom stereocenters. The highest BCUT2D eigenvalue weighted by Gasteiger charge is 2.31. The highest BCUT2D eigenvalue weighted by Crippen LogP contribution is 2.33. The lowest BCUT2D eigenvalue weighted by Gasteiger charge is -2.36. The summed E-state index contributed by atoms with van der Waals surface area (Å²) < 4.78 is 11.9. The number of piperazine rings is 1. The Kier molecular flexibility index (Phi) is 5.86. The molecule has 156 valence electrons. The normalized spacial score (nSPS) is 19.6. The molecule has 1 aromatic carbocycles. The lowest BCUT2D eigenvalue weighted by Crippen LogP contribution is -2.54. The van der Waals surface area contributed by atoms with Gasteiger partial charge in [0.15, 0.2) is 5.13 Å². The molecule has 8 nitrogen and oxygen atoms in total. The van der Waals surface area contributed by atoms with E-state index in [-0.39, 0.29) is 24.5 Å². The number of anilines is 1. The molecular weight excluding hydrogens is 392 g/mol. The van der Waals surface area contributed by atoms with E-state index < -0.39 is 0 Å². The van der Waals surface area contributed by atoms with Gasteiger partial charge < -0.3 is 24.2 Å². The van der Waals surface area contributed by atoms with Gasteiger partial charge in [-0.15, -0.1) is 0 Å². The van der Waals surface area contributed by atoms with E-state index in [2.05, 4.69) is 4.98 Å². The number of carbonyl (C=O) groups is 2. The maximum absolute atomic E-state index is 12.8. The predicted octanol–water partition coefficient (Wildman–Crippen LogP) is 1.59. The lowest BCUT2D eigenvalue weighted by atomic mass is 10.2. The largest absolute Gasteiger partial charge is 0.494 e. The highest BCUT2D eigenvalue weighted by molar-refractivity contribution is 7.22. The monoisotopic (exact) mass is 418 g/mol. The minimum absolute atomic E-state index is 0.0444. The first-order valence-corrected chi connectivity index (χ1v) is 10.7. The van der Waals surface area contributed by atoms with E-state index in [4.69, 9.17) is 9.47 Å². The van der Waals surface area contributed by atoms with Gasteiger partial charge in [-0.2, -0.15) is 0 Å². The Morgan fingerprint density at radius 2 is 2.03 bits per heavy atom. The molecule has 0 spiro atoms. The van der Waals surface area contributed by atoms with Crippen molar-refractivity contribution in [1.82, 2.24) is 14.8 Å². The molecule has 29 heavy (non-hydrogen) atoms. The number of ether oxygens (including phenoxy) is 2. The van der Waals surface area contributed by atoms with Crippen molar-refractivity contribution >= 4 is 38.5 Å². The van der Waals surface area contributed by atoms with Crippen LogP contribution >= 0.6 is 11.3 Å².